The summed E-state index contributed by atoms with van der Waals surface area (Å²) in [6, 6.07) is 21.0. The number of carbonyl (C=O) groups excluding carboxylic acids is 1. The molecule has 1 amide bonds. The first-order valence-electron chi connectivity index (χ1n) is 10.3. The molecule has 0 spiro atoms. The third-order valence-corrected chi connectivity index (χ3v) is 7.05. The summed E-state index contributed by atoms with van der Waals surface area (Å²) in [4.78, 5) is 18.0. The summed E-state index contributed by atoms with van der Waals surface area (Å²) in [7, 11) is 0. The average molecular weight is 508 g/mol. The number of amides is 1. The molecule has 0 aliphatic carbocycles. The predicted molar refractivity (Wildman–Crippen MR) is 135 cm³/mol. The monoisotopic (exact) mass is 507 g/mol. The van der Waals surface area contributed by atoms with Crippen LogP contribution in [0.4, 0.5) is 5.13 Å². The highest BCUT2D eigenvalue weighted by Crippen LogP contribution is 2.29. The summed E-state index contributed by atoms with van der Waals surface area (Å²) in [5, 5.41) is 13.3. The molecule has 0 atom stereocenters. The molecule has 10 heteroatoms. The zero-order chi connectivity index (χ0) is 23.3. The molecule has 1 N–H and O–H groups in total. The number of hydrogen-bond donors (Lipinski definition) is 1. The van der Waals surface area contributed by atoms with E-state index in [-0.39, 0.29) is 11.7 Å². The van der Waals surface area contributed by atoms with Crippen LogP contribution in [0.5, 0.6) is 0 Å². The lowest BCUT2D eigenvalue weighted by Gasteiger charge is -2.08. The summed E-state index contributed by atoms with van der Waals surface area (Å²) in [5.41, 5.74) is 1.90. The van der Waals surface area contributed by atoms with E-state index in [0.717, 1.165) is 16.1 Å². The van der Waals surface area contributed by atoms with E-state index < -0.39 is 0 Å². The van der Waals surface area contributed by atoms with Gasteiger partial charge in [-0.05, 0) is 35.9 Å². The van der Waals surface area contributed by atoms with Crippen molar-refractivity contribution in [2.24, 2.45) is 0 Å². The lowest BCUT2D eigenvalue weighted by atomic mass is 10.1. The van der Waals surface area contributed by atoms with Crippen molar-refractivity contribution >= 4 is 45.7 Å². The van der Waals surface area contributed by atoms with Gasteiger partial charge in [0.1, 0.15) is 0 Å². The highest BCUT2D eigenvalue weighted by atomic mass is 35.5. The van der Waals surface area contributed by atoms with Gasteiger partial charge in [0.05, 0.1) is 12.0 Å². The van der Waals surface area contributed by atoms with E-state index in [4.69, 9.17) is 16.0 Å². The van der Waals surface area contributed by atoms with Crippen LogP contribution in [0.1, 0.15) is 10.4 Å². The fraction of sp³-hybridized carbons (Fsp3) is 0.0833. The number of halogens is 1. The zero-order valence-corrected chi connectivity index (χ0v) is 20.1. The summed E-state index contributed by atoms with van der Waals surface area (Å²) in [5.74, 6) is 1.15. The van der Waals surface area contributed by atoms with Gasteiger partial charge in [0, 0.05) is 28.2 Å². The summed E-state index contributed by atoms with van der Waals surface area (Å²) < 4.78 is 7.40. The van der Waals surface area contributed by atoms with Gasteiger partial charge in [-0.25, -0.2) is 4.98 Å². The van der Waals surface area contributed by atoms with E-state index in [1.165, 1.54) is 23.1 Å². The molecule has 0 radical (unpaired) electrons. The van der Waals surface area contributed by atoms with Crippen LogP contribution in [-0.4, -0.2) is 31.4 Å². The van der Waals surface area contributed by atoms with Crippen molar-refractivity contribution in [1.82, 2.24) is 19.7 Å². The van der Waals surface area contributed by atoms with Crippen LogP contribution < -0.4 is 5.32 Å². The Hall–Kier alpha value is -3.40. The molecule has 0 fully saturated rings. The Balaban J connectivity index is 1.27. The van der Waals surface area contributed by atoms with Crippen LogP contribution in [0.3, 0.4) is 0 Å². The quantitative estimate of drug-likeness (QED) is 0.261. The number of thiazole rings is 1. The van der Waals surface area contributed by atoms with Crippen molar-refractivity contribution in [3.05, 3.63) is 94.7 Å². The fourth-order valence-corrected chi connectivity index (χ4v) is 5.11. The molecule has 0 aliphatic heterocycles. The second-order valence-electron chi connectivity index (χ2n) is 7.19. The van der Waals surface area contributed by atoms with Gasteiger partial charge < -0.3 is 9.73 Å². The van der Waals surface area contributed by atoms with E-state index in [0.29, 0.717) is 33.3 Å². The van der Waals surface area contributed by atoms with E-state index in [1.54, 1.807) is 18.5 Å². The number of nitrogens with one attached hydrogen (secondary N) is 1. The summed E-state index contributed by atoms with van der Waals surface area (Å²) in [6.07, 6.45) is 4.02. The number of benzene rings is 2. The number of para-hydroxylation sites is 1. The molecular weight excluding hydrogens is 490 g/mol. The van der Waals surface area contributed by atoms with Crippen molar-refractivity contribution < 1.29 is 9.21 Å². The minimum absolute atomic E-state index is 0.155. The molecule has 0 saturated carbocycles. The molecule has 0 saturated heterocycles. The van der Waals surface area contributed by atoms with Gasteiger partial charge in [0.2, 0.25) is 11.7 Å². The predicted octanol–water partition coefficient (Wildman–Crippen LogP) is 5.96. The Morgan fingerprint density at radius 1 is 1.06 bits per heavy atom. The maximum atomic E-state index is 12.6. The van der Waals surface area contributed by atoms with E-state index >= 15 is 0 Å². The molecule has 0 unspecified atom stereocenters. The molecule has 3 heterocycles. The SMILES string of the molecule is O=C(CSc1nnc(-c2ccco2)n1-c1ccccc1)Nc1ncc(Cc2ccccc2Cl)s1. The van der Waals surface area contributed by atoms with Crippen LogP contribution in [0, 0.1) is 0 Å². The van der Waals surface area contributed by atoms with E-state index in [9.17, 15) is 4.79 Å². The molecule has 5 rings (SSSR count). The Kier molecular flexibility index (Phi) is 6.75. The van der Waals surface area contributed by atoms with Gasteiger partial charge in [-0.15, -0.1) is 21.5 Å². The van der Waals surface area contributed by atoms with Crippen molar-refractivity contribution in [2.75, 3.05) is 11.1 Å². The minimum Gasteiger partial charge on any atom is -0.461 e. The van der Waals surface area contributed by atoms with Crippen LogP contribution in [0.2, 0.25) is 5.02 Å². The molecule has 3 aromatic heterocycles. The highest BCUT2D eigenvalue weighted by Gasteiger charge is 2.19. The van der Waals surface area contributed by atoms with Crippen molar-refractivity contribution in [2.45, 2.75) is 11.6 Å². The number of thioether (sulfide) groups is 1. The van der Waals surface area contributed by atoms with Gasteiger partial charge in [0.15, 0.2) is 16.0 Å². The first-order chi connectivity index (χ1) is 16.7. The second kappa shape index (κ2) is 10.3. The Morgan fingerprint density at radius 3 is 2.68 bits per heavy atom. The largest absolute Gasteiger partial charge is 0.461 e. The molecular formula is C24H18ClN5O2S2. The standard InChI is InChI=1S/C24H18ClN5O2S2/c25-19-10-5-4-7-16(19)13-18-14-26-23(34-18)27-21(31)15-33-24-29-28-22(20-11-6-12-32-20)30(24)17-8-2-1-3-9-17/h1-12,14H,13,15H2,(H,26,27,31). The first kappa shape index (κ1) is 22.4. The van der Waals surface area contributed by atoms with Gasteiger partial charge in [0.25, 0.3) is 0 Å². The van der Waals surface area contributed by atoms with Crippen LogP contribution in [0.25, 0.3) is 17.3 Å². The lowest BCUT2D eigenvalue weighted by molar-refractivity contribution is -0.113. The molecule has 34 heavy (non-hydrogen) atoms. The normalized spacial score (nSPS) is 11.0. The average Bonchev–Trinajstić information content (AvgIpc) is 3.61. The number of hydrogen-bond acceptors (Lipinski definition) is 7. The molecule has 0 bridgehead atoms. The van der Waals surface area contributed by atoms with Crippen LogP contribution in [-0.2, 0) is 11.2 Å². The third kappa shape index (κ3) is 5.06. The topological polar surface area (TPSA) is 85.8 Å². The van der Waals surface area contributed by atoms with E-state index in [1.807, 2.05) is 65.2 Å². The number of nitrogens with zero attached hydrogens (tertiary/aromatic N) is 4. The van der Waals surface area contributed by atoms with Gasteiger partial charge in [-0.3, -0.25) is 9.36 Å². The maximum absolute atomic E-state index is 12.6. The van der Waals surface area contributed by atoms with Gasteiger partial charge in [-0.2, -0.15) is 0 Å². The second-order valence-corrected chi connectivity index (χ2v) is 9.66. The summed E-state index contributed by atoms with van der Waals surface area (Å²) in [6.45, 7) is 0. The maximum Gasteiger partial charge on any atom is 0.236 e. The minimum atomic E-state index is -0.175. The Bertz CT molecular complexity index is 1400. The third-order valence-electron chi connectivity index (χ3n) is 4.84. The van der Waals surface area contributed by atoms with Crippen molar-refractivity contribution in [1.29, 1.82) is 0 Å². The number of anilines is 1. The number of rotatable bonds is 8. The Morgan fingerprint density at radius 2 is 1.88 bits per heavy atom. The molecule has 2 aromatic carbocycles. The van der Waals surface area contributed by atoms with E-state index in [2.05, 4.69) is 20.5 Å². The van der Waals surface area contributed by atoms with Gasteiger partial charge in [-0.1, -0.05) is 59.8 Å². The molecule has 170 valence electrons. The van der Waals surface area contributed by atoms with Crippen molar-refractivity contribution in [3.63, 3.8) is 0 Å². The Labute approximate surface area is 208 Å². The fourth-order valence-electron chi connectivity index (χ4n) is 3.30. The first-order valence-corrected chi connectivity index (χ1v) is 12.5. The van der Waals surface area contributed by atoms with Crippen molar-refractivity contribution in [3.8, 4) is 17.3 Å². The van der Waals surface area contributed by atoms with Crippen LogP contribution >= 0.6 is 34.7 Å². The smallest absolute Gasteiger partial charge is 0.236 e. The van der Waals surface area contributed by atoms with Gasteiger partial charge >= 0.3 is 0 Å². The number of furan rings is 1. The summed E-state index contributed by atoms with van der Waals surface area (Å²) >= 11 is 8.97. The van der Waals surface area contributed by atoms with Crippen LogP contribution in [0.15, 0.2) is 88.8 Å². The highest BCUT2D eigenvalue weighted by molar-refractivity contribution is 7.99. The molecule has 7 nitrogen and oxygen atoms in total. The zero-order valence-electron chi connectivity index (χ0n) is 17.7. The molecule has 0 aliphatic rings. The number of aromatic nitrogens is 4. The molecule has 5 aromatic rings. The number of carbonyl (C=O) groups is 1. The lowest BCUT2D eigenvalue weighted by Crippen LogP contribution is -2.14.